The second-order valence-electron chi connectivity index (χ2n) is 6.54. The van der Waals surface area contributed by atoms with E-state index in [0.717, 1.165) is 5.56 Å². The Morgan fingerprint density at radius 3 is 2.69 bits per heavy atom. The van der Waals surface area contributed by atoms with Crippen LogP contribution in [0.2, 0.25) is 5.02 Å². The molecule has 0 saturated heterocycles. The molecule has 2 atom stereocenters. The lowest BCUT2D eigenvalue weighted by molar-refractivity contribution is -0.161. The van der Waals surface area contributed by atoms with Crippen LogP contribution in [0.4, 0.5) is 4.79 Å². The Kier molecular flexibility index (Phi) is 6.72. The minimum absolute atomic E-state index is 0.132. The SMILES string of the molecule is CCNC(=O)NC(=O)[C@H](OC(=O)[C@H]1COc2ccc(Cl)cc2C1)c1ccccc1. The van der Waals surface area contributed by atoms with E-state index in [1.54, 1.807) is 55.5 Å². The molecule has 0 radical (unpaired) electrons. The summed E-state index contributed by atoms with van der Waals surface area (Å²) in [5, 5.41) is 5.21. The van der Waals surface area contributed by atoms with E-state index < -0.39 is 29.9 Å². The molecule has 0 aromatic heterocycles. The highest BCUT2D eigenvalue weighted by molar-refractivity contribution is 6.30. The lowest BCUT2D eigenvalue weighted by atomic mass is 9.96. The Morgan fingerprint density at radius 2 is 1.97 bits per heavy atom. The van der Waals surface area contributed by atoms with Crippen LogP contribution in [-0.4, -0.2) is 31.1 Å². The Morgan fingerprint density at radius 1 is 1.21 bits per heavy atom. The summed E-state index contributed by atoms with van der Waals surface area (Å²) in [6.45, 7) is 2.22. The second kappa shape index (κ2) is 9.43. The van der Waals surface area contributed by atoms with Gasteiger partial charge in [0.1, 0.15) is 12.4 Å². The molecule has 8 heteroatoms. The quantitative estimate of drug-likeness (QED) is 0.731. The molecule has 0 saturated carbocycles. The van der Waals surface area contributed by atoms with Crippen molar-refractivity contribution in [3.8, 4) is 5.75 Å². The lowest BCUT2D eigenvalue weighted by Crippen LogP contribution is -2.43. The molecule has 29 heavy (non-hydrogen) atoms. The Hall–Kier alpha value is -3.06. The Bertz CT molecular complexity index is 903. The molecule has 0 spiro atoms. The summed E-state index contributed by atoms with van der Waals surface area (Å²) in [6.07, 6.45) is -0.874. The average molecular weight is 417 g/mol. The van der Waals surface area contributed by atoms with Gasteiger partial charge in [-0.1, -0.05) is 41.9 Å². The van der Waals surface area contributed by atoms with E-state index in [0.29, 0.717) is 29.3 Å². The van der Waals surface area contributed by atoms with Gasteiger partial charge in [-0.2, -0.15) is 0 Å². The van der Waals surface area contributed by atoms with Crippen molar-refractivity contribution in [1.82, 2.24) is 10.6 Å². The van der Waals surface area contributed by atoms with Gasteiger partial charge in [-0.05, 0) is 37.1 Å². The maximum Gasteiger partial charge on any atom is 0.321 e. The molecule has 3 rings (SSSR count). The van der Waals surface area contributed by atoms with Crippen LogP contribution in [0.1, 0.15) is 24.2 Å². The minimum Gasteiger partial charge on any atom is -0.492 e. The molecule has 2 N–H and O–H groups in total. The number of carbonyl (C=O) groups excluding carboxylic acids is 3. The summed E-state index contributed by atoms with van der Waals surface area (Å²) in [5.74, 6) is -1.23. The molecule has 0 aliphatic carbocycles. The van der Waals surface area contributed by atoms with E-state index in [4.69, 9.17) is 21.1 Å². The number of carbonyl (C=O) groups is 3. The number of hydrogen-bond acceptors (Lipinski definition) is 5. The van der Waals surface area contributed by atoms with E-state index in [-0.39, 0.29) is 6.61 Å². The summed E-state index contributed by atoms with van der Waals surface area (Å²) < 4.78 is 11.2. The fourth-order valence-electron chi connectivity index (χ4n) is 3.01. The Balaban J connectivity index is 1.74. The smallest absolute Gasteiger partial charge is 0.321 e. The number of amides is 3. The fourth-order valence-corrected chi connectivity index (χ4v) is 3.20. The van der Waals surface area contributed by atoms with E-state index in [9.17, 15) is 14.4 Å². The zero-order valence-corrected chi connectivity index (χ0v) is 16.6. The van der Waals surface area contributed by atoms with Gasteiger partial charge >= 0.3 is 12.0 Å². The van der Waals surface area contributed by atoms with Crippen LogP contribution in [0.3, 0.4) is 0 Å². The number of urea groups is 1. The first-order chi connectivity index (χ1) is 14.0. The van der Waals surface area contributed by atoms with Crippen LogP contribution in [-0.2, 0) is 20.7 Å². The largest absolute Gasteiger partial charge is 0.492 e. The molecular formula is C21H21ClN2O5. The molecule has 3 amide bonds. The number of esters is 1. The predicted molar refractivity (Wildman–Crippen MR) is 107 cm³/mol. The van der Waals surface area contributed by atoms with Gasteiger partial charge in [0.05, 0.1) is 5.92 Å². The molecule has 1 aliphatic rings. The molecular weight excluding hydrogens is 396 g/mol. The third-order valence-electron chi connectivity index (χ3n) is 4.41. The van der Waals surface area contributed by atoms with E-state index in [1.807, 2.05) is 0 Å². The topological polar surface area (TPSA) is 93.7 Å². The van der Waals surface area contributed by atoms with Gasteiger partial charge in [0.25, 0.3) is 5.91 Å². The number of halogens is 1. The van der Waals surface area contributed by atoms with Crippen molar-refractivity contribution in [2.75, 3.05) is 13.2 Å². The highest BCUT2D eigenvalue weighted by Crippen LogP contribution is 2.31. The highest BCUT2D eigenvalue weighted by atomic mass is 35.5. The van der Waals surface area contributed by atoms with E-state index in [2.05, 4.69) is 10.6 Å². The van der Waals surface area contributed by atoms with Crippen LogP contribution in [0.5, 0.6) is 5.75 Å². The van der Waals surface area contributed by atoms with E-state index >= 15 is 0 Å². The lowest BCUT2D eigenvalue weighted by Gasteiger charge is -2.26. The number of benzene rings is 2. The summed E-state index contributed by atoms with van der Waals surface area (Å²) in [4.78, 5) is 37.1. The standard InChI is InChI=1S/C21H21ClN2O5/c1-2-23-21(27)24-19(25)18(13-6-4-3-5-7-13)29-20(26)15-10-14-11-16(22)8-9-17(14)28-12-15/h3-9,11,15,18H,2,10,12H2,1H3,(H2,23,24,25,27)/t15-,18-/m1/s1. The third-order valence-corrected chi connectivity index (χ3v) is 4.65. The van der Waals surface area contributed by atoms with Crippen molar-refractivity contribution in [2.24, 2.45) is 5.92 Å². The van der Waals surface area contributed by atoms with Crippen LogP contribution < -0.4 is 15.4 Å². The monoisotopic (exact) mass is 416 g/mol. The first-order valence-electron chi connectivity index (χ1n) is 9.23. The van der Waals surface area contributed by atoms with Crippen molar-refractivity contribution in [3.05, 3.63) is 64.7 Å². The molecule has 0 bridgehead atoms. The van der Waals surface area contributed by atoms with Crippen LogP contribution in [0, 0.1) is 5.92 Å². The molecule has 152 valence electrons. The summed E-state index contributed by atoms with van der Waals surface area (Å²) >= 11 is 6.02. The number of hydrogen-bond donors (Lipinski definition) is 2. The molecule has 2 aromatic rings. The van der Waals surface area contributed by atoms with Gasteiger partial charge in [-0.25, -0.2) is 4.79 Å². The predicted octanol–water partition coefficient (Wildman–Crippen LogP) is 3.02. The molecule has 1 aliphatic heterocycles. The van der Waals surface area contributed by atoms with Crippen molar-refractivity contribution >= 4 is 29.5 Å². The van der Waals surface area contributed by atoms with Crippen LogP contribution >= 0.6 is 11.6 Å². The van der Waals surface area contributed by atoms with Gasteiger partial charge in [-0.15, -0.1) is 0 Å². The zero-order valence-electron chi connectivity index (χ0n) is 15.8. The van der Waals surface area contributed by atoms with Gasteiger partial charge in [0.15, 0.2) is 0 Å². The minimum atomic E-state index is -1.26. The number of fused-ring (bicyclic) bond motifs is 1. The number of imide groups is 1. The van der Waals surface area contributed by atoms with Crippen molar-refractivity contribution in [2.45, 2.75) is 19.4 Å². The number of ether oxygens (including phenoxy) is 2. The normalized spacial score (nSPS) is 16.0. The maximum absolute atomic E-state index is 12.8. The highest BCUT2D eigenvalue weighted by Gasteiger charge is 2.33. The molecule has 2 aromatic carbocycles. The second-order valence-corrected chi connectivity index (χ2v) is 6.98. The first-order valence-corrected chi connectivity index (χ1v) is 9.61. The van der Waals surface area contributed by atoms with Gasteiger partial charge < -0.3 is 14.8 Å². The van der Waals surface area contributed by atoms with E-state index in [1.165, 1.54) is 0 Å². The third kappa shape index (κ3) is 5.26. The van der Waals surface area contributed by atoms with Gasteiger partial charge in [0, 0.05) is 17.1 Å². The average Bonchev–Trinajstić information content (AvgIpc) is 2.71. The van der Waals surface area contributed by atoms with Gasteiger partial charge in [0.2, 0.25) is 6.10 Å². The Labute approximate surface area is 173 Å². The fraction of sp³-hybridized carbons (Fsp3) is 0.286. The summed E-state index contributed by atoms with van der Waals surface area (Å²) in [7, 11) is 0. The van der Waals surface area contributed by atoms with Crippen molar-refractivity contribution in [3.63, 3.8) is 0 Å². The summed E-state index contributed by atoms with van der Waals surface area (Å²) in [6, 6.07) is 13.1. The van der Waals surface area contributed by atoms with Crippen molar-refractivity contribution in [1.29, 1.82) is 0 Å². The molecule has 1 heterocycles. The van der Waals surface area contributed by atoms with Crippen LogP contribution in [0.15, 0.2) is 48.5 Å². The number of nitrogens with one attached hydrogen (secondary N) is 2. The molecule has 0 unspecified atom stereocenters. The van der Waals surface area contributed by atoms with Gasteiger partial charge in [-0.3, -0.25) is 14.9 Å². The molecule has 7 nitrogen and oxygen atoms in total. The number of rotatable bonds is 5. The maximum atomic E-state index is 12.8. The van der Waals surface area contributed by atoms with Crippen LogP contribution in [0.25, 0.3) is 0 Å². The molecule has 0 fully saturated rings. The first kappa shape index (κ1) is 20.7. The van der Waals surface area contributed by atoms with Crippen molar-refractivity contribution < 1.29 is 23.9 Å². The summed E-state index contributed by atoms with van der Waals surface area (Å²) in [5.41, 5.74) is 1.26. The zero-order chi connectivity index (χ0) is 20.8.